The molecule has 0 bridgehead atoms. The van der Waals surface area contributed by atoms with Crippen LogP contribution in [0.5, 0.6) is 5.75 Å². The van der Waals surface area contributed by atoms with E-state index in [0.29, 0.717) is 5.75 Å². The van der Waals surface area contributed by atoms with Gasteiger partial charge in [0, 0.05) is 0 Å². The van der Waals surface area contributed by atoms with Crippen LogP contribution in [-0.2, 0) is 22.6 Å². The largest absolute Gasteiger partial charge is 0.497 e. The molecule has 0 aliphatic carbocycles. The monoisotopic (exact) mass is 392 g/mol. The van der Waals surface area contributed by atoms with Gasteiger partial charge >= 0.3 is 5.97 Å². The van der Waals surface area contributed by atoms with Gasteiger partial charge in [0.2, 0.25) is 0 Å². The maximum Gasteiger partial charge on any atom is 0.327 e. The first-order valence-corrected chi connectivity index (χ1v) is 8.47. The van der Waals surface area contributed by atoms with Gasteiger partial charge in [-0.1, -0.05) is 12.1 Å². The quantitative estimate of drug-likeness (QED) is 0.573. The molecule has 0 aliphatic heterocycles. The van der Waals surface area contributed by atoms with Crippen molar-refractivity contribution >= 4 is 16.9 Å². The molecule has 0 unspecified atom stereocenters. The molecule has 0 aliphatic rings. The summed E-state index contributed by atoms with van der Waals surface area (Å²) in [6, 6.07) is 6.94. The molecule has 0 saturated heterocycles. The second kappa shape index (κ2) is 8.15. The van der Waals surface area contributed by atoms with Gasteiger partial charge in [-0.2, -0.15) is 10.2 Å². The minimum absolute atomic E-state index is 0.0549. The molecular weight excluding hydrogens is 374 g/mol. The lowest BCUT2D eigenvalue weighted by Gasteiger charge is -2.07. The van der Waals surface area contributed by atoms with Gasteiger partial charge in [0.15, 0.2) is 0 Å². The van der Waals surface area contributed by atoms with Gasteiger partial charge in [-0.25, -0.2) is 13.5 Å². The Morgan fingerprint density at radius 2 is 1.93 bits per heavy atom. The van der Waals surface area contributed by atoms with Crippen molar-refractivity contribution in [3.8, 4) is 5.75 Å². The first-order chi connectivity index (χ1) is 13.4. The third kappa shape index (κ3) is 3.85. The van der Waals surface area contributed by atoms with E-state index in [2.05, 4.69) is 10.2 Å². The SMILES string of the molecule is CCOC(=O)Cn1nc(C(F)F)c2c(=O)n(Cc3ccc(OC)cc3)ncc21. The first-order valence-electron chi connectivity index (χ1n) is 8.47. The van der Waals surface area contributed by atoms with E-state index in [-0.39, 0.29) is 30.6 Å². The maximum absolute atomic E-state index is 13.4. The molecule has 1 aromatic carbocycles. The van der Waals surface area contributed by atoms with Crippen molar-refractivity contribution in [3.05, 3.63) is 52.1 Å². The number of halogens is 2. The molecule has 28 heavy (non-hydrogen) atoms. The predicted octanol–water partition coefficient (Wildman–Crippen LogP) is 2.15. The summed E-state index contributed by atoms with van der Waals surface area (Å²) < 4.78 is 38.9. The number of fused-ring (bicyclic) bond motifs is 1. The molecule has 148 valence electrons. The molecule has 10 heteroatoms. The van der Waals surface area contributed by atoms with Crippen molar-refractivity contribution in [3.63, 3.8) is 0 Å². The Bertz CT molecular complexity index is 1040. The normalized spacial score (nSPS) is 11.2. The van der Waals surface area contributed by atoms with E-state index in [9.17, 15) is 18.4 Å². The second-order valence-corrected chi connectivity index (χ2v) is 5.86. The summed E-state index contributed by atoms with van der Waals surface area (Å²) in [6.07, 6.45) is -1.73. The van der Waals surface area contributed by atoms with Crippen LogP contribution in [-0.4, -0.2) is 39.2 Å². The highest BCUT2D eigenvalue weighted by Gasteiger charge is 2.24. The number of ether oxygens (including phenoxy) is 2. The third-order valence-corrected chi connectivity index (χ3v) is 4.07. The molecule has 0 atom stereocenters. The number of alkyl halides is 2. The average molecular weight is 392 g/mol. The van der Waals surface area contributed by atoms with Crippen LogP contribution in [0.15, 0.2) is 35.3 Å². The van der Waals surface area contributed by atoms with Gasteiger partial charge in [-0.05, 0) is 24.6 Å². The topological polar surface area (TPSA) is 88.2 Å². The van der Waals surface area contributed by atoms with Crippen LogP contribution in [0, 0.1) is 0 Å². The van der Waals surface area contributed by atoms with E-state index in [1.165, 1.54) is 13.3 Å². The van der Waals surface area contributed by atoms with Crippen molar-refractivity contribution in [1.29, 1.82) is 0 Å². The number of rotatable bonds is 7. The minimum atomic E-state index is -2.98. The van der Waals surface area contributed by atoms with Crippen LogP contribution in [0.4, 0.5) is 8.78 Å². The Balaban J connectivity index is 2.02. The van der Waals surface area contributed by atoms with Crippen LogP contribution in [0.25, 0.3) is 10.9 Å². The molecule has 2 heterocycles. The zero-order chi connectivity index (χ0) is 20.3. The summed E-state index contributed by atoms with van der Waals surface area (Å²) in [5.41, 5.74) is -0.597. The number of hydrogen-bond donors (Lipinski definition) is 0. The van der Waals surface area contributed by atoms with Gasteiger partial charge in [0.25, 0.3) is 12.0 Å². The Morgan fingerprint density at radius 1 is 1.21 bits per heavy atom. The van der Waals surface area contributed by atoms with Crippen molar-refractivity contribution in [2.24, 2.45) is 0 Å². The Morgan fingerprint density at radius 3 is 2.54 bits per heavy atom. The summed E-state index contributed by atoms with van der Waals surface area (Å²) >= 11 is 0. The predicted molar refractivity (Wildman–Crippen MR) is 95.5 cm³/mol. The molecule has 0 radical (unpaired) electrons. The lowest BCUT2D eigenvalue weighted by Crippen LogP contribution is -2.24. The second-order valence-electron chi connectivity index (χ2n) is 5.86. The van der Waals surface area contributed by atoms with Gasteiger partial charge < -0.3 is 9.47 Å². The highest BCUT2D eigenvalue weighted by molar-refractivity contribution is 5.82. The van der Waals surface area contributed by atoms with Gasteiger partial charge in [0.1, 0.15) is 18.0 Å². The van der Waals surface area contributed by atoms with Crippen LogP contribution >= 0.6 is 0 Å². The first kappa shape index (κ1) is 19.5. The van der Waals surface area contributed by atoms with Gasteiger partial charge in [0.05, 0.1) is 37.4 Å². The molecule has 0 N–H and O–H groups in total. The molecule has 8 nitrogen and oxygen atoms in total. The number of esters is 1. The zero-order valence-electron chi connectivity index (χ0n) is 15.3. The molecule has 2 aromatic heterocycles. The number of hydrogen-bond acceptors (Lipinski definition) is 6. The van der Waals surface area contributed by atoms with Crippen LogP contribution in [0.3, 0.4) is 0 Å². The van der Waals surface area contributed by atoms with Gasteiger partial charge in [-0.15, -0.1) is 0 Å². The highest BCUT2D eigenvalue weighted by atomic mass is 19.3. The molecule has 0 fully saturated rings. The number of benzene rings is 1. The summed E-state index contributed by atoms with van der Waals surface area (Å²) in [6.45, 7) is 1.47. The Kier molecular flexibility index (Phi) is 5.67. The van der Waals surface area contributed by atoms with Gasteiger partial charge in [-0.3, -0.25) is 14.3 Å². The fourth-order valence-corrected chi connectivity index (χ4v) is 2.77. The third-order valence-electron chi connectivity index (χ3n) is 4.07. The number of aromatic nitrogens is 4. The number of carbonyl (C=O) groups is 1. The van der Waals surface area contributed by atoms with Crippen molar-refractivity contribution in [2.45, 2.75) is 26.4 Å². The Labute approximate surface area is 158 Å². The maximum atomic E-state index is 13.4. The molecule has 0 spiro atoms. The number of methoxy groups -OCH3 is 1. The van der Waals surface area contributed by atoms with E-state index >= 15 is 0 Å². The smallest absolute Gasteiger partial charge is 0.327 e. The fourth-order valence-electron chi connectivity index (χ4n) is 2.77. The van der Waals surface area contributed by atoms with Crippen LogP contribution in [0.2, 0.25) is 0 Å². The minimum Gasteiger partial charge on any atom is -0.497 e. The Hall–Kier alpha value is -3.30. The summed E-state index contributed by atoms with van der Waals surface area (Å²) in [5.74, 6) is 0.00913. The molecule has 0 saturated carbocycles. The zero-order valence-corrected chi connectivity index (χ0v) is 15.3. The van der Waals surface area contributed by atoms with E-state index in [1.54, 1.807) is 31.2 Å². The fraction of sp³-hybridized carbons (Fsp3) is 0.333. The summed E-state index contributed by atoms with van der Waals surface area (Å²) in [5, 5.41) is 7.52. The number of nitrogens with zero attached hydrogens (tertiary/aromatic N) is 4. The molecule has 3 aromatic rings. The van der Waals surface area contributed by atoms with Crippen molar-refractivity contribution < 1.29 is 23.0 Å². The lowest BCUT2D eigenvalue weighted by atomic mass is 10.2. The van der Waals surface area contributed by atoms with Crippen LogP contribution in [0.1, 0.15) is 24.6 Å². The van der Waals surface area contributed by atoms with Crippen molar-refractivity contribution in [2.75, 3.05) is 13.7 Å². The highest BCUT2D eigenvalue weighted by Crippen LogP contribution is 2.24. The van der Waals surface area contributed by atoms with E-state index < -0.39 is 23.6 Å². The molecular formula is C18H18F2N4O4. The van der Waals surface area contributed by atoms with Crippen molar-refractivity contribution in [1.82, 2.24) is 19.6 Å². The standard InChI is InChI=1S/C18H18F2N4O4/c1-3-28-14(25)10-23-13-8-21-24(9-11-4-6-12(27-2)7-5-11)18(26)15(13)16(22-23)17(19)20/h4-8,17H,3,9-10H2,1-2H3. The number of carbonyl (C=O) groups excluding carboxylic acids is 1. The van der Waals surface area contributed by atoms with E-state index in [1.807, 2.05) is 0 Å². The summed E-state index contributed by atoms with van der Waals surface area (Å²) in [4.78, 5) is 24.5. The molecule has 0 amide bonds. The van der Waals surface area contributed by atoms with E-state index in [0.717, 1.165) is 14.9 Å². The van der Waals surface area contributed by atoms with Crippen LogP contribution < -0.4 is 10.3 Å². The molecule has 3 rings (SSSR count). The average Bonchev–Trinajstić information content (AvgIpc) is 3.04. The summed E-state index contributed by atoms with van der Waals surface area (Å²) in [7, 11) is 1.54. The van der Waals surface area contributed by atoms with E-state index in [4.69, 9.17) is 9.47 Å². The lowest BCUT2D eigenvalue weighted by molar-refractivity contribution is -0.143.